The maximum absolute atomic E-state index is 13.0. The summed E-state index contributed by atoms with van der Waals surface area (Å²) in [4.78, 5) is 15.4. The summed E-state index contributed by atoms with van der Waals surface area (Å²) in [7, 11) is 3.88. The van der Waals surface area contributed by atoms with Crippen molar-refractivity contribution in [2.75, 3.05) is 14.2 Å². The van der Waals surface area contributed by atoms with E-state index in [2.05, 4.69) is 17.3 Å². The van der Waals surface area contributed by atoms with Crippen LogP contribution >= 0.6 is 0 Å². The average molecular weight is 344 g/mol. The van der Waals surface area contributed by atoms with Gasteiger partial charge in [-0.15, -0.1) is 0 Å². The quantitative estimate of drug-likeness (QED) is 0.916. The van der Waals surface area contributed by atoms with Gasteiger partial charge in [-0.3, -0.25) is 4.79 Å². The molecule has 5 heteroatoms. The minimum atomic E-state index is -0.307. The Morgan fingerprint density at radius 1 is 1.28 bits per heavy atom. The first-order chi connectivity index (χ1) is 11.9. The Kier molecular flexibility index (Phi) is 3.95. The number of fused-ring (bicyclic) bond motifs is 3. The van der Waals surface area contributed by atoms with Gasteiger partial charge in [-0.2, -0.15) is 0 Å². The molecule has 0 radical (unpaired) electrons. The predicted octanol–water partition coefficient (Wildman–Crippen LogP) is 2.76. The molecule has 3 heterocycles. The van der Waals surface area contributed by atoms with Gasteiger partial charge in [-0.25, -0.2) is 0 Å². The van der Waals surface area contributed by atoms with Crippen LogP contribution in [0.1, 0.15) is 55.5 Å². The van der Waals surface area contributed by atoms with Crippen molar-refractivity contribution in [3.05, 3.63) is 23.3 Å². The van der Waals surface area contributed by atoms with Gasteiger partial charge in [-0.1, -0.05) is 0 Å². The zero-order valence-corrected chi connectivity index (χ0v) is 15.6. The molecule has 2 saturated heterocycles. The third-order valence-electron chi connectivity index (χ3n) is 6.10. The van der Waals surface area contributed by atoms with E-state index in [1.165, 1.54) is 12.8 Å². The van der Waals surface area contributed by atoms with Gasteiger partial charge >= 0.3 is 0 Å². The SMILES string of the molecule is COc1ccc(C(=O)NC2CC3CCC(C2)N3C)c2c1CC(C)(C)O2. The van der Waals surface area contributed by atoms with Crippen LogP contribution < -0.4 is 14.8 Å². The smallest absolute Gasteiger partial charge is 0.255 e. The van der Waals surface area contributed by atoms with Crippen molar-refractivity contribution in [1.29, 1.82) is 0 Å². The molecule has 0 aliphatic carbocycles. The third kappa shape index (κ3) is 2.88. The Morgan fingerprint density at radius 3 is 2.60 bits per heavy atom. The molecule has 2 fully saturated rings. The van der Waals surface area contributed by atoms with Gasteiger partial charge in [0.1, 0.15) is 17.1 Å². The maximum atomic E-state index is 13.0. The number of amides is 1. The minimum absolute atomic E-state index is 0.0226. The van der Waals surface area contributed by atoms with E-state index < -0.39 is 0 Å². The second-order valence-electron chi connectivity index (χ2n) is 8.35. The second-order valence-corrected chi connectivity index (χ2v) is 8.35. The lowest BCUT2D eigenvalue weighted by atomic mass is 9.96. The van der Waals surface area contributed by atoms with E-state index in [4.69, 9.17) is 9.47 Å². The minimum Gasteiger partial charge on any atom is -0.496 e. The van der Waals surface area contributed by atoms with Crippen molar-refractivity contribution in [3.8, 4) is 11.5 Å². The van der Waals surface area contributed by atoms with Gasteiger partial charge in [0.05, 0.1) is 12.7 Å². The Hall–Kier alpha value is -1.75. The lowest BCUT2D eigenvalue weighted by Crippen LogP contribution is -2.48. The average Bonchev–Trinajstić information content (AvgIpc) is 2.96. The molecule has 1 aromatic carbocycles. The van der Waals surface area contributed by atoms with Crippen molar-refractivity contribution in [2.45, 2.75) is 69.7 Å². The molecular formula is C20H28N2O3. The van der Waals surface area contributed by atoms with Crippen LogP contribution in [0.2, 0.25) is 0 Å². The Balaban J connectivity index is 1.55. The van der Waals surface area contributed by atoms with Crippen LogP contribution in [-0.4, -0.2) is 48.7 Å². The molecule has 3 aliphatic rings. The fourth-order valence-corrected chi connectivity index (χ4v) is 4.79. The summed E-state index contributed by atoms with van der Waals surface area (Å²) in [5.41, 5.74) is 1.33. The number of rotatable bonds is 3. The zero-order chi connectivity index (χ0) is 17.8. The molecule has 1 aromatic rings. The van der Waals surface area contributed by atoms with Crippen molar-refractivity contribution in [2.24, 2.45) is 0 Å². The first kappa shape index (κ1) is 16.7. The van der Waals surface area contributed by atoms with E-state index in [-0.39, 0.29) is 17.6 Å². The summed E-state index contributed by atoms with van der Waals surface area (Å²) >= 11 is 0. The van der Waals surface area contributed by atoms with Gasteiger partial charge in [-0.05, 0) is 58.7 Å². The number of hydrogen-bond acceptors (Lipinski definition) is 4. The molecule has 1 N–H and O–H groups in total. The number of nitrogens with zero attached hydrogens (tertiary/aromatic N) is 1. The van der Waals surface area contributed by atoms with Crippen LogP contribution in [0.15, 0.2) is 12.1 Å². The summed E-state index contributed by atoms with van der Waals surface area (Å²) in [6.45, 7) is 4.09. The zero-order valence-electron chi connectivity index (χ0n) is 15.6. The van der Waals surface area contributed by atoms with Crippen LogP contribution in [-0.2, 0) is 6.42 Å². The third-order valence-corrected chi connectivity index (χ3v) is 6.10. The number of ether oxygens (including phenoxy) is 2. The number of carbonyl (C=O) groups is 1. The fraction of sp³-hybridized carbons (Fsp3) is 0.650. The van der Waals surface area contributed by atoms with Crippen LogP contribution in [0.5, 0.6) is 11.5 Å². The standard InChI is InChI=1S/C20H28N2O3/c1-20(2)11-16-17(24-4)8-7-15(18(16)25-20)19(23)21-12-9-13-5-6-14(10-12)22(13)3/h7-8,12-14H,5-6,9-11H2,1-4H3,(H,21,23). The Labute approximate surface area is 149 Å². The number of piperidine rings is 1. The van der Waals surface area contributed by atoms with Gasteiger partial charge < -0.3 is 19.7 Å². The van der Waals surface area contributed by atoms with Crippen LogP contribution in [0.25, 0.3) is 0 Å². The van der Waals surface area contributed by atoms with E-state index in [0.29, 0.717) is 23.4 Å². The Bertz CT molecular complexity index is 686. The molecule has 2 bridgehead atoms. The van der Waals surface area contributed by atoms with E-state index in [1.807, 2.05) is 26.0 Å². The van der Waals surface area contributed by atoms with E-state index in [0.717, 1.165) is 30.6 Å². The van der Waals surface area contributed by atoms with E-state index in [9.17, 15) is 4.79 Å². The van der Waals surface area contributed by atoms with Crippen molar-refractivity contribution in [1.82, 2.24) is 10.2 Å². The molecule has 136 valence electrons. The predicted molar refractivity (Wildman–Crippen MR) is 96.5 cm³/mol. The molecule has 4 rings (SSSR count). The summed E-state index contributed by atoms with van der Waals surface area (Å²) in [5.74, 6) is 1.47. The molecule has 1 amide bonds. The highest BCUT2D eigenvalue weighted by molar-refractivity contribution is 5.98. The molecule has 0 spiro atoms. The van der Waals surface area contributed by atoms with Gasteiger partial charge in [0.15, 0.2) is 0 Å². The van der Waals surface area contributed by atoms with Crippen molar-refractivity contribution >= 4 is 5.91 Å². The van der Waals surface area contributed by atoms with Crippen molar-refractivity contribution in [3.63, 3.8) is 0 Å². The van der Waals surface area contributed by atoms with Gasteiger partial charge in [0, 0.05) is 30.1 Å². The number of carbonyl (C=O) groups excluding carboxylic acids is 1. The summed E-state index contributed by atoms with van der Waals surface area (Å²) in [5, 5.41) is 3.26. The first-order valence-corrected chi connectivity index (χ1v) is 9.29. The van der Waals surface area contributed by atoms with Crippen LogP contribution in [0.4, 0.5) is 0 Å². The normalized spacial score (nSPS) is 29.8. The van der Waals surface area contributed by atoms with Gasteiger partial charge in [0.2, 0.25) is 0 Å². The molecular weight excluding hydrogens is 316 g/mol. The largest absolute Gasteiger partial charge is 0.496 e. The van der Waals surface area contributed by atoms with E-state index in [1.54, 1.807) is 7.11 Å². The summed E-state index contributed by atoms with van der Waals surface area (Å²) in [6.07, 6.45) is 5.35. The summed E-state index contributed by atoms with van der Waals surface area (Å²) < 4.78 is 11.6. The number of methoxy groups -OCH3 is 1. The number of nitrogens with one attached hydrogen (secondary N) is 1. The first-order valence-electron chi connectivity index (χ1n) is 9.29. The topological polar surface area (TPSA) is 50.8 Å². The Morgan fingerprint density at radius 2 is 1.96 bits per heavy atom. The molecule has 2 atom stereocenters. The second kappa shape index (κ2) is 5.90. The van der Waals surface area contributed by atoms with Crippen LogP contribution in [0.3, 0.4) is 0 Å². The maximum Gasteiger partial charge on any atom is 0.255 e. The van der Waals surface area contributed by atoms with E-state index >= 15 is 0 Å². The molecule has 0 saturated carbocycles. The van der Waals surface area contributed by atoms with Crippen molar-refractivity contribution < 1.29 is 14.3 Å². The highest BCUT2D eigenvalue weighted by Gasteiger charge is 2.40. The number of hydrogen-bond donors (Lipinski definition) is 1. The molecule has 5 nitrogen and oxygen atoms in total. The highest BCUT2D eigenvalue weighted by atomic mass is 16.5. The monoisotopic (exact) mass is 344 g/mol. The fourth-order valence-electron chi connectivity index (χ4n) is 4.79. The van der Waals surface area contributed by atoms with Crippen LogP contribution in [0, 0.1) is 0 Å². The molecule has 3 aliphatic heterocycles. The highest BCUT2D eigenvalue weighted by Crippen LogP contribution is 2.43. The molecule has 2 unspecified atom stereocenters. The summed E-state index contributed by atoms with van der Waals surface area (Å²) in [6, 6.07) is 5.20. The molecule has 25 heavy (non-hydrogen) atoms. The van der Waals surface area contributed by atoms with Gasteiger partial charge in [0.25, 0.3) is 5.91 Å². The lowest BCUT2D eigenvalue weighted by molar-refractivity contribution is 0.0870. The number of benzene rings is 1. The lowest BCUT2D eigenvalue weighted by Gasteiger charge is -2.36. The molecule has 0 aromatic heterocycles.